The summed E-state index contributed by atoms with van der Waals surface area (Å²) in [5.41, 5.74) is 0.658. The van der Waals surface area contributed by atoms with Crippen molar-refractivity contribution in [1.29, 1.82) is 0 Å². The topological polar surface area (TPSA) is 81.7 Å². The summed E-state index contributed by atoms with van der Waals surface area (Å²) in [7, 11) is 0. The molecule has 0 aromatic heterocycles. The molecule has 1 aromatic rings. The molecule has 2 amide bonds. The number of nitrogens with zero attached hydrogens (tertiary/aromatic N) is 1. The molecule has 0 radical (unpaired) electrons. The van der Waals surface area contributed by atoms with Crippen molar-refractivity contribution in [2.45, 2.75) is 27.2 Å². The van der Waals surface area contributed by atoms with Gasteiger partial charge in [-0.3, -0.25) is 9.59 Å². The fourth-order valence-corrected chi connectivity index (χ4v) is 3.40. The fourth-order valence-electron chi connectivity index (χ4n) is 3.40. The minimum Gasteiger partial charge on any atom is -0.507 e. The Morgan fingerprint density at radius 2 is 1.92 bits per heavy atom. The molecule has 1 fully saturated rings. The quantitative estimate of drug-likeness (QED) is 0.721. The van der Waals surface area contributed by atoms with E-state index >= 15 is 0 Å². The van der Waals surface area contributed by atoms with E-state index in [1.54, 1.807) is 6.07 Å². The van der Waals surface area contributed by atoms with Gasteiger partial charge in [0.25, 0.3) is 5.91 Å². The highest BCUT2D eigenvalue weighted by molar-refractivity contribution is 5.99. The molecule has 0 bridgehead atoms. The lowest BCUT2D eigenvalue weighted by molar-refractivity contribution is -0.114. The van der Waals surface area contributed by atoms with E-state index in [0.717, 1.165) is 19.6 Å². The molecule has 24 heavy (non-hydrogen) atoms. The second-order valence-electron chi connectivity index (χ2n) is 6.87. The average Bonchev–Trinajstić information content (AvgIpc) is 2.47. The number of aromatic hydroxyl groups is 1. The van der Waals surface area contributed by atoms with E-state index in [2.05, 4.69) is 29.4 Å². The second kappa shape index (κ2) is 8.15. The first-order valence-corrected chi connectivity index (χ1v) is 8.46. The highest BCUT2D eigenvalue weighted by Crippen LogP contribution is 2.22. The van der Waals surface area contributed by atoms with Gasteiger partial charge in [-0.25, -0.2) is 0 Å². The van der Waals surface area contributed by atoms with Gasteiger partial charge in [-0.05, 0) is 36.5 Å². The number of benzene rings is 1. The monoisotopic (exact) mass is 333 g/mol. The molecule has 1 saturated heterocycles. The first kappa shape index (κ1) is 18.3. The molecule has 1 aliphatic heterocycles. The molecule has 2 atom stereocenters. The molecule has 6 nitrogen and oxygen atoms in total. The number of anilines is 1. The van der Waals surface area contributed by atoms with Gasteiger partial charge in [0.2, 0.25) is 5.91 Å². The Labute approximate surface area is 143 Å². The number of phenols is 1. The Kier molecular flexibility index (Phi) is 6.20. The van der Waals surface area contributed by atoms with Crippen LogP contribution in [0.2, 0.25) is 0 Å². The maximum absolute atomic E-state index is 12.3. The zero-order valence-corrected chi connectivity index (χ0v) is 14.6. The van der Waals surface area contributed by atoms with Crippen LogP contribution < -0.4 is 10.6 Å². The number of rotatable bonds is 5. The van der Waals surface area contributed by atoms with Gasteiger partial charge in [0.15, 0.2) is 0 Å². The molecule has 0 saturated carbocycles. The van der Waals surface area contributed by atoms with Gasteiger partial charge < -0.3 is 20.6 Å². The summed E-state index contributed by atoms with van der Waals surface area (Å²) in [6.45, 7) is 9.36. The predicted octanol–water partition coefficient (Wildman–Crippen LogP) is 2.06. The number of piperidine rings is 1. The van der Waals surface area contributed by atoms with Crippen molar-refractivity contribution in [3.05, 3.63) is 23.8 Å². The lowest BCUT2D eigenvalue weighted by atomic mass is 9.92. The standard InChI is InChI=1S/C18H27N3O3/c1-12-8-13(2)11-21(10-12)7-6-19-18(24)16-9-15(20-14(3)22)4-5-17(16)23/h4-5,9,12-13,23H,6-8,10-11H2,1-3H3,(H,19,24)(H,20,22)/t12-,13-/m1/s1. The number of likely N-dealkylation sites (tertiary alicyclic amines) is 1. The third kappa shape index (κ3) is 5.23. The fraction of sp³-hybridized carbons (Fsp3) is 0.556. The minimum absolute atomic E-state index is 0.0955. The van der Waals surface area contributed by atoms with E-state index in [1.165, 1.54) is 25.5 Å². The number of phenolic OH excluding ortho intramolecular Hbond substituents is 1. The molecular weight excluding hydrogens is 306 g/mol. The molecule has 132 valence electrons. The third-order valence-electron chi connectivity index (χ3n) is 4.22. The lowest BCUT2D eigenvalue weighted by Crippen LogP contribution is -2.42. The van der Waals surface area contributed by atoms with Crippen LogP contribution >= 0.6 is 0 Å². The highest BCUT2D eigenvalue weighted by atomic mass is 16.3. The maximum atomic E-state index is 12.3. The van der Waals surface area contributed by atoms with Crippen LogP contribution in [-0.2, 0) is 4.79 Å². The number of nitrogens with one attached hydrogen (secondary N) is 2. The largest absolute Gasteiger partial charge is 0.507 e. The van der Waals surface area contributed by atoms with E-state index in [1.807, 2.05) is 0 Å². The van der Waals surface area contributed by atoms with Gasteiger partial charge in [0.1, 0.15) is 5.75 Å². The minimum atomic E-state index is -0.335. The summed E-state index contributed by atoms with van der Waals surface area (Å²) in [5, 5.41) is 15.3. The van der Waals surface area contributed by atoms with Crippen molar-refractivity contribution in [2.75, 3.05) is 31.5 Å². The second-order valence-corrected chi connectivity index (χ2v) is 6.87. The number of amides is 2. The third-order valence-corrected chi connectivity index (χ3v) is 4.22. The predicted molar refractivity (Wildman–Crippen MR) is 94.1 cm³/mol. The first-order valence-electron chi connectivity index (χ1n) is 8.46. The lowest BCUT2D eigenvalue weighted by Gasteiger charge is -2.34. The molecule has 1 heterocycles. The zero-order valence-electron chi connectivity index (χ0n) is 14.6. The number of carbonyl (C=O) groups is 2. The maximum Gasteiger partial charge on any atom is 0.255 e. The van der Waals surface area contributed by atoms with Gasteiger partial charge in [-0.2, -0.15) is 0 Å². The summed E-state index contributed by atoms with van der Waals surface area (Å²) >= 11 is 0. The Hall–Kier alpha value is -2.08. The van der Waals surface area contributed by atoms with Crippen LogP contribution in [0.4, 0.5) is 5.69 Å². The smallest absolute Gasteiger partial charge is 0.255 e. The Morgan fingerprint density at radius 3 is 2.54 bits per heavy atom. The van der Waals surface area contributed by atoms with Crippen LogP contribution in [0, 0.1) is 11.8 Å². The number of carbonyl (C=O) groups excluding carboxylic acids is 2. The van der Waals surface area contributed by atoms with Crippen molar-refractivity contribution in [3.63, 3.8) is 0 Å². The van der Waals surface area contributed by atoms with Gasteiger partial charge in [0.05, 0.1) is 5.56 Å². The van der Waals surface area contributed by atoms with Crippen LogP contribution in [0.3, 0.4) is 0 Å². The van der Waals surface area contributed by atoms with Crippen molar-refractivity contribution < 1.29 is 14.7 Å². The summed E-state index contributed by atoms with van der Waals surface area (Å²) in [6, 6.07) is 4.45. The molecular formula is C18H27N3O3. The van der Waals surface area contributed by atoms with E-state index in [-0.39, 0.29) is 23.1 Å². The molecule has 1 aliphatic rings. The molecule has 3 N–H and O–H groups in total. The van der Waals surface area contributed by atoms with E-state index in [4.69, 9.17) is 0 Å². The van der Waals surface area contributed by atoms with Crippen molar-refractivity contribution >= 4 is 17.5 Å². The van der Waals surface area contributed by atoms with E-state index in [0.29, 0.717) is 24.1 Å². The van der Waals surface area contributed by atoms with Gasteiger partial charge in [0, 0.05) is 38.8 Å². The Balaban J connectivity index is 1.89. The molecule has 2 rings (SSSR count). The van der Waals surface area contributed by atoms with Crippen molar-refractivity contribution in [1.82, 2.24) is 10.2 Å². The summed E-state index contributed by atoms with van der Waals surface area (Å²) in [4.78, 5) is 25.7. The van der Waals surface area contributed by atoms with Crippen LogP contribution in [0.25, 0.3) is 0 Å². The van der Waals surface area contributed by atoms with Gasteiger partial charge >= 0.3 is 0 Å². The highest BCUT2D eigenvalue weighted by Gasteiger charge is 2.21. The SMILES string of the molecule is CC(=O)Nc1ccc(O)c(C(=O)NCCN2C[C@H](C)C[C@@H](C)C2)c1. The van der Waals surface area contributed by atoms with Crippen molar-refractivity contribution in [2.24, 2.45) is 11.8 Å². The molecule has 0 aliphatic carbocycles. The van der Waals surface area contributed by atoms with Crippen LogP contribution in [0.15, 0.2) is 18.2 Å². The molecule has 0 unspecified atom stereocenters. The van der Waals surface area contributed by atoms with Crippen LogP contribution in [0.5, 0.6) is 5.75 Å². The Morgan fingerprint density at radius 1 is 1.25 bits per heavy atom. The molecule has 1 aromatic carbocycles. The normalized spacial score (nSPS) is 21.3. The summed E-state index contributed by atoms with van der Waals surface area (Å²) < 4.78 is 0. The van der Waals surface area contributed by atoms with Gasteiger partial charge in [-0.15, -0.1) is 0 Å². The molecule has 0 spiro atoms. The summed E-state index contributed by atoms with van der Waals surface area (Å²) in [6.07, 6.45) is 1.26. The van der Waals surface area contributed by atoms with Crippen LogP contribution in [0.1, 0.15) is 37.6 Å². The molecule has 6 heteroatoms. The average molecular weight is 333 g/mol. The first-order chi connectivity index (χ1) is 11.3. The van der Waals surface area contributed by atoms with Crippen molar-refractivity contribution in [3.8, 4) is 5.75 Å². The van der Waals surface area contributed by atoms with Crippen LogP contribution in [-0.4, -0.2) is 48.0 Å². The summed E-state index contributed by atoms with van der Waals surface area (Å²) in [5.74, 6) is 0.714. The number of hydrogen-bond acceptors (Lipinski definition) is 4. The number of hydrogen-bond donors (Lipinski definition) is 3. The van der Waals surface area contributed by atoms with Gasteiger partial charge in [-0.1, -0.05) is 13.8 Å². The van der Waals surface area contributed by atoms with E-state index in [9.17, 15) is 14.7 Å². The van der Waals surface area contributed by atoms with E-state index < -0.39 is 0 Å². The Bertz CT molecular complexity index is 593. The zero-order chi connectivity index (χ0) is 17.7.